The van der Waals surface area contributed by atoms with Crippen LogP contribution in [0, 0.1) is 10.1 Å². The highest BCUT2D eigenvalue weighted by atomic mass is 35.5. The molecule has 0 radical (unpaired) electrons. The quantitative estimate of drug-likeness (QED) is 0.454. The van der Waals surface area contributed by atoms with Crippen LogP contribution in [-0.4, -0.2) is 30.2 Å². The van der Waals surface area contributed by atoms with E-state index in [1.165, 1.54) is 38.5 Å². The van der Waals surface area contributed by atoms with Gasteiger partial charge in [-0.05, 0) is 42.5 Å². The number of nitro groups is 1. The van der Waals surface area contributed by atoms with E-state index >= 15 is 0 Å². The van der Waals surface area contributed by atoms with Crippen LogP contribution in [0.5, 0.6) is 11.5 Å². The number of carbonyl (C=O) groups is 1. The minimum atomic E-state index is -0.612. The molecule has 0 fully saturated rings. The van der Waals surface area contributed by atoms with Crippen molar-refractivity contribution in [2.45, 2.75) is 0 Å². The van der Waals surface area contributed by atoms with Crippen molar-refractivity contribution in [1.82, 2.24) is 5.32 Å². The minimum absolute atomic E-state index is 0.000770. The highest BCUT2D eigenvalue weighted by Crippen LogP contribution is 2.28. The first kappa shape index (κ1) is 19.4. The molecule has 0 aliphatic carbocycles. The molecule has 0 saturated carbocycles. The average molecular weight is 396 g/mol. The van der Waals surface area contributed by atoms with Crippen molar-refractivity contribution in [3.8, 4) is 11.5 Å². The molecular formula is C16H14ClN3O5S. The Kier molecular flexibility index (Phi) is 6.31. The first-order chi connectivity index (χ1) is 12.3. The normalized spacial score (nSPS) is 9.96. The molecule has 2 N–H and O–H groups in total. The molecule has 1 amide bonds. The van der Waals surface area contributed by atoms with Gasteiger partial charge < -0.3 is 14.8 Å². The number of halogens is 1. The van der Waals surface area contributed by atoms with Gasteiger partial charge in [0.1, 0.15) is 5.02 Å². The molecule has 8 nitrogen and oxygen atoms in total. The van der Waals surface area contributed by atoms with Crippen molar-refractivity contribution in [3.63, 3.8) is 0 Å². The van der Waals surface area contributed by atoms with E-state index < -0.39 is 10.8 Å². The predicted molar refractivity (Wildman–Crippen MR) is 101 cm³/mol. The van der Waals surface area contributed by atoms with Gasteiger partial charge in [-0.15, -0.1) is 0 Å². The number of nitrogens with zero attached hydrogens (tertiary/aromatic N) is 1. The fourth-order valence-corrected chi connectivity index (χ4v) is 2.44. The van der Waals surface area contributed by atoms with Gasteiger partial charge in [-0.1, -0.05) is 11.6 Å². The zero-order valence-electron chi connectivity index (χ0n) is 13.7. The fourth-order valence-electron chi connectivity index (χ4n) is 2.05. The molecule has 2 rings (SSSR count). The van der Waals surface area contributed by atoms with E-state index in [0.717, 1.165) is 0 Å². The van der Waals surface area contributed by atoms with Crippen molar-refractivity contribution in [2.24, 2.45) is 0 Å². The topological polar surface area (TPSA) is 103 Å². The van der Waals surface area contributed by atoms with E-state index in [1.807, 2.05) is 0 Å². The number of hydrogen-bond acceptors (Lipinski definition) is 6. The molecule has 0 bridgehead atoms. The summed E-state index contributed by atoms with van der Waals surface area (Å²) in [5.41, 5.74) is 0.346. The van der Waals surface area contributed by atoms with Gasteiger partial charge in [-0.25, -0.2) is 0 Å². The molecule has 136 valence electrons. The zero-order valence-corrected chi connectivity index (χ0v) is 15.3. The zero-order chi connectivity index (χ0) is 19.3. The van der Waals surface area contributed by atoms with E-state index in [0.29, 0.717) is 22.7 Å². The van der Waals surface area contributed by atoms with Crippen LogP contribution < -0.4 is 20.1 Å². The van der Waals surface area contributed by atoms with Crippen LogP contribution in [0.25, 0.3) is 0 Å². The Morgan fingerprint density at radius 3 is 2.46 bits per heavy atom. The van der Waals surface area contributed by atoms with Gasteiger partial charge in [-0.2, -0.15) is 0 Å². The molecule has 10 heteroatoms. The van der Waals surface area contributed by atoms with E-state index in [-0.39, 0.29) is 15.8 Å². The molecule has 0 aromatic heterocycles. The third-order valence-electron chi connectivity index (χ3n) is 3.27. The van der Waals surface area contributed by atoms with E-state index in [9.17, 15) is 14.9 Å². The summed E-state index contributed by atoms with van der Waals surface area (Å²) in [5.74, 6) is 0.400. The molecule has 0 atom stereocenters. The van der Waals surface area contributed by atoms with E-state index in [4.69, 9.17) is 33.3 Å². The van der Waals surface area contributed by atoms with Gasteiger partial charge in [0.25, 0.3) is 11.6 Å². The molecule has 0 saturated heterocycles. The molecule has 2 aromatic carbocycles. The third kappa shape index (κ3) is 4.58. The maximum absolute atomic E-state index is 12.3. The number of anilines is 1. The van der Waals surface area contributed by atoms with Gasteiger partial charge in [0, 0.05) is 17.3 Å². The average Bonchev–Trinajstić information content (AvgIpc) is 2.62. The highest BCUT2D eigenvalue weighted by Gasteiger charge is 2.15. The van der Waals surface area contributed by atoms with Crippen LogP contribution in [0.1, 0.15) is 10.4 Å². The lowest BCUT2D eigenvalue weighted by atomic mass is 10.2. The summed E-state index contributed by atoms with van der Waals surface area (Å²) < 4.78 is 10.3. The van der Waals surface area contributed by atoms with Gasteiger partial charge in [0.15, 0.2) is 16.6 Å². The molecule has 0 spiro atoms. The SMILES string of the molecule is COc1ccc(C(=O)NC(=S)Nc2ccc(Cl)c([N+](=O)[O-])c2)cc1OC. The number of benzene rings is 2. The largest absolute Gasteiger partial charge is 0.493 e. The Morgan fingerprint density at radius 1 is 1.15 bits per heavy atom. The Hall–Kier alpha value is -2.91. The lowest BCUT2D eigenvalue weighted by molar-refractivity contribution is -0.384. The number of carbonyl (C=O) groups excluding carboxylic acids is 1. The standard InChI is InChI=1S/C16H14ClN3O5S/c1-24-13-6-3-9(7-14(13)25-2)15(21)19-16(26)18-10-4-5-11(17)12(8-10)20(22)23/h3-8H,1-2H3,(H2,18,19,21,26). The van der Waals surface area contributed by atoms with Crippen LogP contribution in [0.4, 0.5) is 11.4 Å². The van der Waals surface area contributed by atoms with Gasteiger partial charge in [-0.3, -0.25) is 20.2 Å². The first-order valence-corrected chi connectivity index (χ1v) is 7.92. The second-order valence-electron chi connectivity index (χ2n) is 4.90. The van der Waals surface area contributed by atoms with Gasteiger partial charge in [0.2, 0.25) is 0 Å². The highest BCUT2D eigenvalue weighted by molar-refractivity contribution is 7.80. The Bertz CT molecular complexity index is 875. The van der Waals surface area contributed by atoms with Crippen LogP contribution in [0.3, 0.4) is 0 Å². The Balaban J connectivity index is 2.09. The van der Waals surface area contributed by atoms with Gasteiger partial charge >= 0.3 is 0 Å². The number of nitrogens with one attached hydrogen (secondary N) is 2. The van der Waals surface area contributed by atoms with E-state index in [1.54, 1.807) is 12.1 Å². The summed E-state index contributed by atoms with van der Waals surface area (Å²) in [7, 11) is 2.95. The molecule has 26 heavy (non-hydrogen) atoms. The third-order valence-corrected chi connectivity index (χ3v) is 3.80. The summed E-state index contributed by atoms with van der Waals surface area (Å²) in [6.07, 6.45) is 0. The number of thiocarbonyl (C=S) groups is 1. The Labute approximate surface area is 159 Å². The summed E-state index contributed by atoms with van der Waals surface area (Å²) in [6.45, 7) is 0. The molecule has 0 aliphatic rings. The molecule has 0 aliphatic heterocycles. The predicted octanol–water partition coefficient (Wildman–Crippen LogP) is 3.39. The van der Waals surface area contributed by atoms with Crippen molar-refractivity contribution in [3.05, 3.63) is 57.1 Å². The van der Waals surface area contributed by atoms with Gasteiger partial charge in [0.05, 0.1) is 19.1 Å². The second-order valence-corrected chi connectivity index (χ2v) is 5.72. The van der Waals surface area contributed by atoms with Crippen molar-refractivity contribution in [2.75, 3.05) is 19.5 Å². The van der Waals surface area contributed by atoms with E-state index in [2.05, 4.69) is 10.6 Å². The maximum atomic E-state index is 12.3. The van der Waals surface area contributed by atoms with Crippen molar-refractivity contribution < 1.29 is 19.2 Å². The molecule has 0 heterocycles. The number of methoxy groups -OCH3 is 2. The Morgan fingerprint density at radius 2 is 1.85 bits per heavy atom. The maximum Gasteiger partial charge on any atom is 0.289 e. The lowest BCUT2D eigenvalue weighted by Gasteiger charge is -2.12. The molecule has 2 aromatic rings. The first-order valence-electron chi connectivity index (χ1n) is 7.14. The van der Waals surface area contributed by atoms with Crippen LogP contribution in [0.15, 0.2) is 36.4 Å². The summed E-state index contributed by atoms with van der Waals surface area (Å²) in [6, 6.07) is 8.73. The summed E-state index contributed by atoms with van der Waals surface area (Å²) in [4.78, 5) is 22.6. The minimum Gasteiger partial charge on any atom is -0.493 e. The number of rotatable bonds is 5. The number of nitro benzene ring substituents is 1. The second kappa shape index (κ2) is 8.45. The smallest absolute Gasteiger partial charge is 0.289 e. The number of ether oxygens (including phenoxy) is 2. The summed E-state index contributed by atoms with van der Waals surface area (Å²) >= 11 is 10.8. The lowest BCUT2D eigenvalue weighted by Crippen LogP contribution is -2.34. The van der Waals surface area contributed by atoms with Crippen LogP contribution in [0.2, 0.25) is 5.02 Å². The molecular weight excluding hydrogens is 382 g/mol. The number of amides is 1. The summed E-state index contributed by atoms with van der Waals surface area (Å²) in [5, 5.41) is 16.1. The van der Waals surface area contributed by atoms with Crippen LogP contribution in [-0.2, 0) is 0 Å². The fraction of sp³-hybridized carbons (Fsp3) is 0.125. The monoisotopic (exact) mass is 395 g/mol. The van der Waals surface area contributed by atoms with Crippen LogP contribution >= 0.6 is 23.8 Å². The van der Waals surface area contributed by atoms with Crippen molar-refractivity contribution >= 4 is 46.2 Å². The number of hydrogen-bond donors (Lipinski definition) is 2. The molecule has 0 unspecified atom stereocenters. The van der Waals surface area contributed by atoms with Crippen molar-refractivity contribution in [1.29, 1.82) is 0 Å².